The van der Waals surface area contributed by atoms with Gasteiger partial charge in [0.25, 0.3) is 0 Å². The molecule has 1 N–H and O–H groups in total. The number of nitrogens with one attached hydrogen (secondary N) is 1. The molecule has 0 atom stereocenters. The molecule has 8 heteroatoms. The highest BCUT2D eigenvalue weighted by Gasteiger charge is 2.27. The van der Waals surface area contributed by atoms with Gasteiger partial charge in [0.1, 0.15) is 12.4 Å². The lowest BCUT2D eigenvalue weighted by Gasteiger charge is -2.33. The van der Waals surface area contributed by atoms with Gasteiger partial charge in [-0.2, -0.15) is 5.26 Å². The number of carbonyl (C=O) groups is 2. The van der Waals surface area contributed by atoms with Gasteiger partial charge in [-0.05, 0) is 38.1 Å². The number of amides is 2. The zero-order chi connectivity index (χ0) is 20.8. The van der Waals surface area contributed by atoms with Gasteiger partial charge in [0.05, 0.1) is 17.6 Å². The number of fused-ring (bicyclic) bond motifs is 1. The Morgan fingerprint density at radius 1 is 1.28 bits per heavy atom. The van der Waals surface area contributed by atoms with E-state index in [0.29, 0.717) is 37.0 Å². The number of aromatic nitrogens is 2. The highest BCUT2D eigenvalue weighted by molar-refractivity contribution is 5.97. The van der Waals surface area contributed by atoms with Crippen molar-refractivity contribution in [2.24, 2.45) is 5.92 Å². The van der Waals surface area contributed by atoms with Crippen molar-refractivity contribution in [3.05, 3.63) is 30.2 Å². The fourth-order valence-corrected chi connectivity index (χ4v) is 3.74. The van der Waals surface area contributed by atoms with Crippen LogP contribution in [0.2, 0.25) is 0 Å². The predicted octanol–water partition coefficient (Wildman–Crippen LogP) is 1.70. The van der Waals surface area contributed by atoms with Crippen molar-refractivity contribution in [2.45, 2.75) is 26.7 Å². The lowest BCUT2D eigenvalue weighted by atomic mass is 9.95. The zero-order valence-electron chi connectivity index (χ0n) is 16.9. The quantitative estimate of drug-likeness (QED) is 0.795. The summed E-state index contributed by atoms with van der Waals surface area (Å²) in [6.07, 6.45) is 4.50. The van der Waals surface area contributed by atoms with Crippen LogP contribution >= 0.6 is 0 Å². The first kappa shape index (κ1) is 20.7. The lowest BCUT2D eigenvalue weighted by Crippen LogP contribution is -2.45. The highest BCUT2D eigenvalue weighted by atomic mass is 16.2. The molecule has 1 aromatic carbocycles. The second kappa shape index (κ2) is 9.43. The molecule has 2 heterocycles. The molecule has 1 aliphatic heterocycles. The SMILES string of the molecule is CCN(CC)CC(=O)NC(=O)C1CCN(c2ccc(C#N)c3ncncc23)CC1. The number of hydrogen-bond acceptors (Lipinski definition) is 7. The van der Waals surface area contributed by atoms with Crippen molar-refractivity contribution in [3.63, 3.8) is 0 Å². The average molecular weight is 394 g/mol. The van der Waals surface area contributed by atoms with E-state index in [1.54, 1.807) is 12.3 Å². The Morgan fingerprint density at radius 2 is 2.00 bits per heavy atom. The molecule has 1 aliphatic rings. The summed E-state index contributed by atoms with van der Waals surface area (Å²) in [5.74, 6) is -0.598. The monoisotopic (exact) mass is 394 g/mol. The molecule has 0 radical (unpaired) electrons. The first-order chi connectivity index (χ1) is 14.1. The number of benzene rings is 1. The normalized spacial score (nSPS) is 14.8. The number of nitrogens with zero attached hydrogens (tertiary/aromatic N) is 5. The van der Waals surface area contributed by atoms with Crippen LogP contribution in [0.4, 0.5) is 5.69 Å². The topological polar surface area (TPSA) is 102 Å². The average Bonchev–Trinajstić information content (AvgIpc) is 2.76. The van der Waals surface area contributed by atoms with Gasteiger partial charge in [0.15, 0.2) is 0 Å². The van der Waals surface area contributed by atoms with E-state index in [1.165, 1.54) is 6.33 Å². The molecule has 0 aliphatic carbocycles. The van der Waals surface area contributed by atoms with Gasteiger partial charge in [-0.3, -0.25) is 19.8 Å². The molecule has 2 amide bonds. The van der Waals surface area contributed by atoms with E-state index in [2.05, 4.69) is 26.3 Å². The Kier molecular flexibility index (Phi) is 6.73. The Morgan fingerprint density at radius 3 is 2.66 bits per heavy atom. The summed E-state index contributed by atoms with van der Waals surface area (Å²) < 4.78 is 0. The van der Waals surface area contributed by atoms with Crippen LogP contribution in [0, 0.1) is 17.2 Å². The number of nitriles is 1. The molecule has 3 rings (SSSR count). The molecule has 0 bridgehead atoms. The molecule has 1 saturated heterocycles. The zero-order valence-corrected chi connectivity index (χ0v) is 16.9. The minimum absolute atomic E-state index is 0.173. The van der Waals surface area contributed by atoms with Crippen LogP contribution in [0.15, 0.2) is 24.7 Å². The van der Waals surface area contributed by atoms with Crippen molar-refractivity contribution in [1.82, 2.24) is 20.2 Å². The fourth-order valence-electron chi connectivity index (χ4n) is 3.74. The fraction of sp³-hybridized carbons (Fsp3) is 0.476. The molecular weight excluding hydrogens is 368 g/mol. The van der Waals surface area contributed by atoms with Gasteiger partial charge in [-0.15, -0.1) is 0 Å². The van der Waals surface area contributed by atoms with Gasteiger partial charge >= 0.3 is 0 Å². The van der Waals surface area contributed by atoms with E-state index in [9.17, 15) is 14.9 Å². The van der Waals surface area contributed by atoms with Crippen molar-refractivity contribution < 1.29 is 9.59 Å². The summed E-state index contributed by atoms with van der Waals surface area (Å²) in [4.78, 5) is 37.1. The van der Waals surface area contributed by atoms with E-state index >= 15 is 0 Å². The maximum absolute atomic E-state index is 12.5. The first-order valence-electron chi connectivity index (χ1n) is 10.0. The van der Waals surface area contributed by atoms with Gasteiger partial charge in [0.2, 0.25) is 11.8 Å². The highest BCUT2D eigenvalue weighted by Crippen LogP contribution is 2.30. The number of hydrogen-bond donors (Lipinski definition) is 1. The number of rotatable bonds is 6. The largest absolute Gasteiger partial charge is 0.371 e. The van der Waals surface area contributed by atoms with Crippen LogP contribution in [0.3, 0.4) is 0 Å². The van der Waals surface area contributed by atoms with E-state index in [1.807, 2.05) is 24.8 Å². The molecule has 29 heavy (non-hydrogen) atoms. The Hall–Kier alpha value is -3.05. The van der Waals surface area contributed by atoms with Gasteiger partial charge in [-0.25, -0.2) is 9.97 Å². The van der Waals surface area contributed by atoms with Gasteiger partial charge in [-0.1, -0.05) is 13.8 Å². The molecule has 0 unspecified atom stereocenters. The number of carbonyl (C=O) groups excluding carboxylic acids is 2. The number of likely N-dealkylation sites (N-methyl/N-ethyl adjacent to an activating group) is 1. The van der Waals surface area contributed by atoms with Crippen LogP contribution in [0.25, 0.3) is 10.9 Å². The molecule has 1 fully saturated rings. The molecular formula is C21H26N6O2. The molecule has 152 valence electrons. The van der Waals surface area contributed by atoms with E-state index in [-0.39, 0.29) is 24.3 Å². The van der Waals surface area contributed by atoms with Crippen LogP contribution in [0.5, 0.6) is 0 Å². The number of anilines is 1. The van der Waals surface area contributed by atoms with Gasteiger partial charge < -0.3 is 4.90 Å². The predicted molar refractivity (Wildman–Crippen MR) is 110 cm³/mol. The summed E-state index contributed by atoms with van der Waals surface area (Å²) in [5, 5.41) is 12.7. The summed E-state index contributed by atoms with van der Waals surface area (Å²) in [6, 6.07) is 5.85. The summed E-state index contributed by atoms with van der Waals surface area (Å²) >= 11 is 0. The molecule has 0 saturated carbocycles. The third kappa shape index (κ3) is 4.69. The van der Waals surface area contributed by atoms with E-state index in [4.69, 9.17) is 0 Å². The second-order valence-electron chi connectivity index (χ2n) is 7.16. The summed E-state index contributed by atoms with van der Waals surface area (Å²) in [5.41, 5.74) is 2.13. The van der Waals surface area contributed by atoms with E-state index in [0.717, 1.165) is 24.2 Å². The van der Waals surface area contributed by atoms with Crippen LogP contribution in [-0.4, -0.2) is 59.4 Å². The first-order valence-corrected chi connectivity index (χ1v) is 10.0. The number of imide groups is 1. The molecule has 1 aromatic heterocycles. The third-order valence-electron chi connectivity index (χ3n) is 5.50. The van der Waals surface area contributed by atoms with Crippen LogP contribution in [-0.2, 0) is 9.59 Å². The third-order valence-corrected chi connectivity index (χ3v) is 5.50. The maximum atomic E-state index is 12.5. The standard InChI is InChI=1S/C21H26N6O2/c1-3-26(4-2)13-19(28)25-21(29)15-7-9-27(10-8-15)18-6-5-16(11-22)20-17(18)12-23-14-24-20/h5-6,12,14-15H,3-4,7-10,13H2,1-2H3,(H,25,28,29). The Balaban J connectivity index is 1.63. The van der Waals surface area contributed by atoms with Crippen molar-refractivity contribution >= 4 is 28.4 Å². The van der Waals surface area contributed by atoms with Crippen molar-refractivity contribution in [3.8, 4) is 6.07 Å². The molecule has 0 spiro atoms. The minimum atomic E-state index is -0.239. The Labute approximate surface area is 170 Å². The van der Waals surface area contributed by atoms with Gasteiger partial charge in [0, 0.05) is 36.3 Å². The van der Waals surface area contributed by atoms with Crippen molar-refractivity contribution in [1.29, 1.82) is 5.26 Å². The number of piperidine rings is 1. The maximum Gasteiger partial charge on any atom is 0.240 e. The second-order valence-corrected chi connectivity index (χ2v) is 7.16. The molecule has 8 nitrogen and oxygen atoms in total. The van der Waals surface area contributed by atoms with Crippen LogP contribution in [0.1, 0.15) is 32.3 Å². The summed E-state index contributed by atoms with van der Waals surface area (Å²) in [6.45, 7) is 7.17. The van der Waals surface area contributed by atoms with Crippen LogP contribution < -0.4 is 10.2 Å². The smallest absolute Gasteiger partial charge is 0.240 e. The van der Waals surface area contributed by atoms with Crippen molar-refractivity contribution in [2.75, 3.05) is 37.6 Å². The summed E-state index contributed by atoms with van der Waals surface area (Å²) in [7, 11) is 0. The molecule has 2 aromatic rings. The minimum Gasteiger partial charge on any atom is -0.371 e. The Bertz CT molecular complexity index is 926. The lowest BCUT2D eigenvalue weighted by molar-refractivity contribution is -0.133. The van der Waals surface area contributed by atoms with E-state index < -0.39 is 0 Å².